The van der Waals surface area contributed by atoms with E-state index in [9.17, 15) is 0 Å². The van der Waals surface area contributed by atoms with Crippen LogP contribution in [-0.4, -0.2) is 52.4 Å². The van der Waals surface area contributed by atoms with Gasteiger partial charge in [-0.2, -0.15) is 0 Å². The molecule has 0 aliphatic carbocycles. The fourth-order valence-corrected chi connectivity index (χ4v) is 1.06. The van der Waals surface area contributed by atoms with Gasteiger partial charge in [-0.05, 0) is 19.5 Å². The first-order chi connectivity index (χ1) is 6.91. The Morgan fingerprint density at radius 2 is 1.07 bits per heavy atom. The van der Waals surface area contributed by atoms with Crippen LogP contribution in [0.25, 0.3) is 0 Å². The molecule has 0 atom stereocenters. The third-order valence-corrected chi connectivity index (χ3v) is 1.84. The fourth-order valence-electron chi connectivity index (χ4n) is 1.06. The van der Waals surface area contributed by atoms with E-state index in [0.29, 0.717) is 6.54 Å². The zero-order chi connectivity index (χ0) is 10.5. The third-order valence-electron chi connectivity index (χ3n) is 1.84. The van der Waals surface area contributed by atoms with Crippen molar-refractivity contribution in [3.8, 4) is 0 Å². The van der Waals surface area contributed by atoms with Crippen LogP contribution in [-0.2, 0) is 0 Å². The molecule has 0 unspecified atom stereocenters. The van der Waals surface area contributed by atoms with E-state index < -0.39 is 0 Å². The SMILES string of the molecule is NCCCNCCNCCNCCN. The first-order valence-electron chi connectivity index (χ1n) is 5.44. The first-order valence-corrected chi connectivity index (χ1v) is 5.44. The van der Waals surface area contributed by atoms with Crippen LogP contribution < -0.4 is 27.4 Å². The van der Waals surface area contributed by atoms with E-state index in [0.717, 1.165) is 52.2 Å². The van der Waals surface area contributed by atoms with Gasteiger partial charge < -0.3 is 27.4 Å². The fraction of sp³-hybridized carbons (Fsp3) is 1.00. The molecule has 0 fully saturated rings. The lowest BCUT2D eigenvalue weighted by Gasteiger charge is -2.06. The second-order valence-electron chi connectivity index (χ2n) is 3.18. The first kappa shape index (κ1) is 13.8. The highest BCUT2D eigenvalue weighted by atomic mass is 15.0. The van der Waals surface area contributed by atoms with Crippen molar-refractivity contribution in [1.82, 2.24) is 16.0 Å². The molecule has 0 aliphatic heterocycles. The molecule has 0 saturated heterocycles. The van der Waals surface area contributed by atoms with E-state index in [-0.39, 0.29) is 0 Å². The van der Waals surface area contributed by atoms with Gasteiger partial charge in [0.15, 0.2) is 0 Å². The molecule has 14 heavy (non-hydrogen) atoms. The van der Waals surface area contributed by atoms with Crippen LogP contribution in [0, 0.1) is 0 Å². The lowest BCUT2D eigenvalue weighted by Crippen LogP contribution is -2.34. The van der Waals surface area contributed by atoms with Gasteiger partial charge in [0.1, 0.15) is 0 Å². The minimum atomic E-state index is 0.709. The Morgan fingerprint density at radius 3 is 1.57 bits per heavy atom. The summed E-state index contributed by atoms with van der Waals surface area (Å²) in [5, 5.41) is 9.85. The van der Waals surface area contributed by atoms with E-state index in [2.05, 4.69) is 16.0 Å². The average Bonchev–Trinajstić information content (AvgIpc) is 2.21. The van der Waals surface area contributed by atoms with Crippen molar-refractivity contribution in [2.45, 2.75) is 6.42 Å². The molecule has 0 rings (SSSR count). The third kappa shape index (κ3) is 11.8. The molecule has 5 heteroatoms. The van der Waals surface area contributed by atoms with Gasteiger partial charge in [-0.1, -0.05) is 0 Å². The topological polar surface area (TPSA) is 88.1 Å². The van der Waals surface area contributed by atoms with Gasteiger partial charge in [0.05, 0.1) is 0 Å². The van der Waals surface area contributed by atoms with Crippen LogP contribution in [0.2, 0.25) is 0 Å². The predicted molar refractivity (Wildman–Crippen MR) is 61.3 cm³/mol. The van der Waals surface area contributed by atoms with Gasteiger partial charge in [0, 0.05) is 39.3 Å². The van der Waals surface area contributed by atoms with Gasteiger partial charge in [0.2, 0.25) is 0 Å². The molecule has 0 amide bonds. The number of nitrogens with two attached hydrogens (primary N) is 2. The maximum absolute atomic E-state index is 5.36. The molecule has 0 heterocycles. The summed E-state index contributed by atoms with van der Waals surface area (Å²) in [5.74, 6) is 0. The van der Waals surface area contributed by atoms with Crippen LogP contribution in [0.4, 0.5) is 0 Å². The van der Waals surface area contributed by atoms with Gasteiger partial charge >= 0.3 is 0 Å². The molecule has 5 nitrogen and oxygen atoms in total. The zero-order valence-corrected chi connectivity index (χ0v) is 9.02. The maximum Gasteiger partial charge on any atom is 0.00772 e. The highest BCUT2D eigenvalue weighted by Crippen LogP contribution is 1.68. The molecule has 0 spiro atoms. The summed E-state index contributed by atoms with van der Waals surface area (Å²) in [7, 11) is 0. The molecule has 0 radical (unpaired) electrons. The molecular formula is C9H25N5. The van der Waals surface area contributed by atoms with Gasteiger partial charge in [-0.3, -0.25) is 0 Å². The molecule has 0 bridgehead atoms. The van der Waals surface area contributed by atoms with Crippen molar-refractivity contribution in [2.24, 2.45) is 11.5 Å². The summed E-state index contributed by atoms with van der Waals surface area (Å²) in [6, 6.07) is 0. The van der Waals surface area contributed by atoms with Crippen molar-refractivity contribution in [3.05, 3.63) is 0 Å². The molecule has 7 N–H and O–H groups in total. The van der Waals surface area contributed by atoms with Gasteiger partial charge in [-0.25, -0.2) is 0 Å². The highest BCUT2D eigenvalue weighted by molar-refractivity contribution is 4.55. The standard InChI is InChI=1S/C9H25N5/c10-2-1-4-12-6-8-14-9-7-13-5-3-11/h12-14H,1-11H2. The van der Waals surface area contributed by atoms with E-state index in [4.69, 9.17) is 11.5 Å². The van der Waals surface area contributed by atoms with E-state index in [1.54, 1.807) is 0 Å². The van der Waals surface area contributed by atoms with E-state index in [1.165, 1.54) is 0 Å². The Balaban J connectivity index is 2.78. The molecular weight excluding hydrogens is 178 g/mol. The molecule has 0 aliphatic rings. The normalized spacial score (nSPS) is 10.7. The summed E-state index contributed by atoms with van der Waals surface area (Å²) < 4.78 is 0. The van der Waals surface area contributed by atoms with Gasteiger partial charge in [-0.15, -0.1) is 0 Å². The summed E-state index contributed by atoms with van der Waals surface area (Å²) in [6.07, 6.45) is 1.05. The van der Waals surface area contributed by atoms with Crippen molar-refractivity contribution >= 4 is 0 Å². The van der Waals surface area contributed by atoms with Crippen molar-refractivity contribution < 1.29 is 0 Å². The lowest BCUT2D eigenvalue weighted by atomic mass is 10.4. The Hall–Kier alpha value is -0.200. The van der Waals surface area contributed by atoms with Crippen LogP contribution in [0.15, 0.2) is 0 Å². The molecule has 0 aromatic rings. The second-order valence-corrected chi connectivity index (χ2v) is 3.18. The molecule has 86 valence electrons. The summed E-state index contributed by atoms with van der Waals surface area (Å²) in [6.45, 7) is 7.40. The number of nitrogens with one attached hydrogen (secondary N) is 3. The van der Waals surface area contributed by atoms with Crippen LogP contribution in [0.5, 0.6) is 0 Å². The van der Waals surface area contributed by atoms with Gasteiger partial charge in [0.25, 0.3) is 0 Å². The van der Waals surface area contributed by atoms with Crippen molar-refractivity contribution in [2.75, 3.05) is 52.4 Å². The van der Waals surface area contributed by atoms with E-state index >= 15 is 0 Å². The summed E-state index contributed by atoms with van der Waals surface area (Å²) in [5.41, 5.74) is 10.7. The Kier molecular flexibility index (Phi) is 12.6. The van der Waals surface area contributed by atoms with Crippen LogP contribution in [0.3, 0.4) is 0 Å². The molecule has 0 aromatic heterocycles. The molecule has 0 saturated carbocycles. The predicted octanol–water partition coefficient (Wildman–Crippen LogP) is -1.94. The molecule has 0 aromatic carbocycles. The second kappa shape index (κ2) is 12.8. The Labute approximate surface area is 87.0 Å². The average molecular weight is 203 g/mol. The Bertz CT molecular complexity index is 87.2. The van der Waals surface area contributed by atoms with Crippen LogP contribution in [0.1, 0.15) is 6.42 Å². The summed E-state index contributed by atoms with van der Waals surface area (Å²) in [4.78, 5) is 0. The maximum atomic E-state index is 5.36. The Morgan fingerprint density at radius 1 is 0.571 bits per heavy atom. The van der Waals surface area contributed by atoms with Crippen molar-refractivity contribution in [1.29, 1.82) is 0 Å². The minimum absolute atomic E-state index is 0.709. The van der Waals surface area contributed by atoms with Crippen molar-refractivity contribution in [3.63, 3.8) is 0 Å². The number of hydrogen-bond acceptors (Lipinski definition) is 5. The van der Waals surface area contributed by atoms with E-state index in [1.807, 2.05) is 0 Å². The van der Waals surface area contributed by atoms with Crippen LogP contribution >= 0.6 is 0 Å². The number of hydrogen-bond donors (Lipinski definition) is 5. The highest BCUT2D eigenvalue weighted by Gasteiger charge is 1.88. The minimum Gasteiger partial charge on any atom is -0.330 e. The number of rotatable bonds is 11. The smallest absolute Gasteiger partial charge is 0.00772 e. The largest absolute Gasteiger partial charge is 0.330 e. The zero-order valence-electron chi connectivity index (χ0n) is 9.02. The quantitative estimate of drug-likeness (QED) is 0.252. The summed E-state index contributed by atoms with van der Waals surface area (Å²) >= 11 is 0. The monoisotopic (exact) mass is 203 g/mol. The lowest BCUT2D eigenvalue weighted by molar-refractivity contribution is 0.577.